The zero-order chi connectivity index (χ0) is 33.7. The van der Waals surface area contributed by atoms with Crippen molar-refractivity contribution >= 4 is 27.8 Å². The van der Waals surface area contributed by atoms with Gasteiger partial charge >= 0.3 is 0 Å². The highest BCUT2D eigenvalue weighted by Crippen LogP contribution is 2.53. The second-order valence-electron chi connectivity index (χ2n) is 13.7. The lowest BCUT2D eigenvalue weighted by atomic mass is 9.81. The third kappa shape index (κ3) is 4.94. The van der Waals surface area contributed by atoms with Crippen LogP contribution in [0.25, 0.3) is 55.3 Å². The Labute approximate surface area is 294 Å². The fourth-order valence-electron chi connectivity index (χ4n) is 8.02. The highest BCUT2D eigenvalue weighted by Gasteiger charge is 2.37. The predicted molar refractivity (Wildman–Crippen MR) is 213 cm³/mol. The van der Waals surface area contributed by atoms with Crippen molar-refractivity contribution in [3.8, 4) is 44.5 Å². The van der Waals surface area contributed by atoms with Crippen molar-refractivity contribution in [3.05, 3.63) is 199 Å². The summed E-state index contributed by atoms with van der Waals surface area (Å²) < 4.78 is 0. The third-order valence-electron chi connectivity index (χ3n) is 10.5. The van der Waals surface area contributed by atoms with Crippen molar-refractivity contribution in [1.29, 1.82) is 0 Å². The molecule has 238 valence electrons. The van der Waals surface area contributed by atoms with Crippen molar-refractivity contribution in [3.63, 3.8) is 0 Å². The zero-order valence-corrected chi connectivity index (χ0v) is 28.3. The second-order valence-corrected chi connectivity index (χ2v) is 13.7. The molecule has 1 heteroatoms. The Balaban J connectivity index is 1.16. The van der Waals surface area contributed by atoms with E-state index in [2.05, 4.69) is 207 Å². The number of anilines is 3. The van der Waals surface area contributed by atoms with Gasteiger partial charge < -0.3 is 4.90 Å². The first-order valence-corrected chi connectivity index (χ1v) is 17.4. The molecule has 9 rings (SSSR count). The molecule has 0 radical (unpaired) electrons. The highest BCUT2D eigenvalue weighted by atomic mass is 15.1. The molecule has 0 aliphatic heterocycles. The zero-order valence-electron chi connectivity index (χ0n) is 28.3. The normalized spacial score (nSPS) is 12.8. The van der Waals surface area contributed by atoms with Crippen molar-refractivity contribution in [2.45, 2.75) is 19.3 Å². The van der Waals surface area contributed by atoms with Gasteiger partial charge in [-0.05, 0) is 103 Å². The topological polar surface area (TPSA) is 3.24 Å². The van der Waals surface area contributed by atoms with E-state index in [4.69, 9.17) is 0 Å². The number of nitrogens with zero attached hydrogens (tertiary/aromatic N) is 1. The monoisotopic (exact) mass is 639 g/mol. The minimum absolute atomic E-state index is 0.137. The summed E-state index contributed by atoms with van der Waals surface area (Å²) in [5.41, 5.74) is 16.2. The number of benzene rings is 8. The number of para-hydroxylation sites is 1. The molecule has 0 fully saturated rings. The lowest BCUT2D eigenvalue weighted by molar-refractivity contribution is 0.660. The summed E-state index contributed by atoms with van der Waals surface area (Å²) in [5.74, 6) is 0. The fourth-order valence-corrected chi connectivity index (χ4v) is 8.02. The first kappa shape index (κ1) is 29.9. The van der Waals surface area contributed by atoms with Crippen LogP contribution in [-0.2, 0) is 5.41 Å². The van der Waals surface area contributed by atoms with Gasteiger partial charge in [-0.15, -0.1) is 0 Å². The van der Waals surface area contributed by atoms with E-state index in [1.165, 1.54) is 66.4 Å². The Morgan fingerprint density at radius 2 is 0.920 bits per heavy atom. The Bertz CT molecular complexity index is 2480. The molecule has 0 saturated heterocycles. The molecule has 1 aliphatic carbocycles. The van der Waals surface area contributed by atoms with Crippen molar-refractivity contribution in [2.24, 2.45) is 0 Å². The molecule has 0 saturated carbocycles. The van der Waals surface area contributed by atoms with Gasteiger partial charge in [0.2, 0.25) is 0 Å². The van der Waals surface area contributed by atoms with Crippen LogP contribution in [0.3, 0.4) is 0 Å². The van der Waals surface area contributed by atoms with E-state index in [1.807, 2.05) is 0 Å². The molecule has 0 aromatic heterocycles. The maximum atomic E-state index is 2.42. The molecule has 0 atom stereocenters. The molecule has 0 spiro atoms. The van der Waals surface area contributed by atoms with Crippen LogP contribution in [0, 0.1) is 0 Å². The molecule has 0 amide bonds. The predicted octanol–water partition coefficient (Wildman–Crippen LogP) is 13.6. The van der Waals surface area contributed by atoms with Crippen molar-refractivity contribution < 1.29 is 0 Å². The van der Waals surface area contributed by atoms with Gasteiger partial charge in [-0.3, -0.25) is 0 Å². The summed E-state index contributed by atoms with van der Waals surface area (Å²) in [6.45, 7) is 4.73. The van der Waals surface area contributed by atoms with Crippen molar-refractivity contribution in [2.75, 3.05) is 4.90 Å². The van der Waals surface area contributed by atoms with E-state index in [1.54, 1.807) is 0 Å². The smallest absolute Gasteiger partial charge is 0.0465 e. The average Bonchev–Trinajstić information content (AvgIpc) is 3.41. The van der Waals surface area contributed by atoms with Crippen LogP contribution in [-0.4, -0.2) is 0 Å². The van der Waals surface area contributed by atoms with E-state index < -0.39 is 0 Å². The fraction of sp³-hybridized carbons (Fsp3) is 0.0612. The summed E-state index contributed by atoms with van der Waals surface area (Å²) >= 11 is 0. The molecule has 1 aliphatic rings. The number of hydrogen-bond donors (Lipinski definition) is 0. The molecule has 0 heterocycles. The summed E-state index contributed by atoms with van der Waals surface area (Å²) in [4.78, 5) is 2.39. The van der Waals surface area contributed by atoms with Gasteiger partial charge in [0.1, 0.15) is 0 Å². The van der Waals surface area contributed by atoms with Crippen molar-refractivity contribution in [1.82, 2.24) is 0 Å². The molecule has 8 aromatic carbocycles. The molecule has 50 heavy (non-hydrogen) atoms. The van der Waals surface area contributed by atoms with Gasteiger partial charge in [-0.1, -0.05) is 166 Å². The average molecular weight is 640 g/mol. The van der Waals surface area contributed by atoms with Crippen LogP contribution in [0.1, 0.15) is 25.0 Å². The molecule has 8 aromatic rings. The van der Waals surface area contributed by atoms with Crippen LogP contribution in [0.2, 0.25) is 0 Å². The lowest BCUT2D eigenvalue weighted by Gasteiger charge is -2.28. The highest BCUT2D eigenvalue weighted by molar-refractivity contribution is 6.04. The second kappa shape index (κ2) is 12.1. The largest absolute Gasteiger partial charge is 0.310 e. The van der Waals surface area contributed by atoms with E-state index in [-0.39, 0.29) is 5.41 Å². The molecule has 0 N–H and O–H groups in total. The van der Waals surface area contributed by atoms with E-state index >= 15 is 0 Å². The number of rotatable bonds is 6. The molecular weight excluding hydrogens is 603 g/mol. The van der Waals surface area contributed by atoms with Crippen LogP contribution in [0.4, 0.5) is 17.1 Å². The van der Waals surface area contributed by atoms with Crippen LogP contribution < -0.4 is 4.90 Å². The van der Waals surface area contributed by atoms with E-state index in [9.17, 15) is 0 Å². The van der Waals surface area contributed by atoms with Crippen LogP contribution >= 0.6 is 0 Å². The molecule has 1 nitrogen and oxygen atoms in total. The summed E-state index contributed by atoms with van der Waals surface area (Å²) in [6.07, 6.45) is 0. The first-order valence-electron chi connectivity index (χ1n) is 17.4. The molecule has 0 bridgehead atoms. The van der Waals surface area contributed by atoms with E-state index in [0.717, 1.165) is 17.1 Å². The van der Waals surface area contributed by atoms with Crippen LogP contribution in [0.5, 0.6) is 0 Å². The number of fused-ring (bicyclic) bond motifs is 4. The first-order chi connectivity index (χ1) is 24.6. The van der Waals surface area contributed by atoms with E-state index in [0.29, 0.717) is 0 Å². The van der Waals surface area contributed by atoms with Gasteiger partial charge in [0, 0.05) is 22.5 Å². The Morgan fingerprint density at radius 1 is 0.360 bits per heavy atom. The van der Waals surface area contributed by atoms with Gasteiger partial charge in [-0.25, -0.2) is 0 Å². The maximum Gasteiger partial charge on any atom is 0.0465 e. The van der Waals surface area contributed by atoms with Gasteiger partial charge in [0.05, 0.1) is 0 Å². The SMILES string of the molecule is CC1(C)c2cc(N(c3ccccc3)c3ccc(-c4ccc5ccccc5c4-c4ccccc4)cc3)ccc2-c2c(-c3ccccc3)cccc21. The number of hydrogen-bond acceptors (Lipinski definition) is 1. The Morgan fingerprint density at radius 3 is 1.66 bits per heavy atom. The molecular formula is C49H37N. The maximum absolute atomic E-state index is 2.42. The Hall–Kier alpha value is -6.18. The van der Waals surface area contributed by atoms with Gasteiger partial charge in [-0.2, -0.15) is 0 Å². The van der Waals surface area contributed by atoms with Gasteiger partial charge in [0.25, 0.3) is 0 Å². The minimum atomic E-state index is -0.137. The quantitative estimate of drug-likeness (QED) is 0.175. The Kier molecular flexibility index (Phi) is 7.21. The summed E-state index contributed by atoms with van der Waals surface area (Å²) in [7, 11) is 0. The summed E-state index contributed by atoms with van der Waals surface area (Å²) in [6, 6.07) is 68.4. The minimum Gasteiger partial charge on any atom is -0.310 e. The third-order valence-corrected chi connectivity index (χ3v) is 10.5. The summed E-state index contributed by atoms with van der Waals surface area (Å²) in [5, 5.41) is 2.52. The standard InChI is InChI=1S/C49H37N/c1-49(2)45-24-14-23-42(34-15-6-3-7-16-34)48(45)44-32-30-40(33-46(44)49)50(38-20-10-5-11-21-38)39-28-25-36(26-29-39)43-31-27-35-17-12-13-22-41(35)47(43)37-18-8-4-9-19-37/h3-33H,1-2H3. The van der Waals surface area contributed by atoms with Crippen LogP contribution in [0.15, 0.2) is 188 Å². The molecule has 0 unspecified atom stereocenters. The lowest BCUT2D eigenvalue weighted by Crippen LogP contribution is -2.16. The van der Waals surface area contributed by atoms with Gasteiger partial charge in [0.15, 0.2) is 0 Å².